The summed E-state index contributed by atoms with van der Waals surface area (Å²) in [7, 11) is 0. The van der Waals surface area contributed by atoms with E-state index in [1.807, 2.05) is 6.92 Å². The van der Waals surface area contributed by atoms with Crippen LogP contribution < -0.4 is 5.32 Å². The normalized spacial score (nSPS) is 10.5. The highest BCUT2D eigenvalue weighted by Gasteiger charge is 2.08. The van der Waals surface area contributed by atoms with Crippen LogP contribution in [0.2, 0.25) is 0 Å². The van der Waals surface area contributed by atoms with Crippen LogP contribution in [0.3, 0.4) is 0 Å². The smallest absolute Gasteiger partial charge is 0.150 e. The number of Topliss-reactive ketones (excluding diaryl/α,β-unsaturated/α-hetero) is 1. The zero-order valence-corrected chi connectivity index (χ0v) is 10.7. The van der Waals surface area contributed by atoms with Crippen LogP contribution in [0, 0.1) is 20.8 Å². The van der Waals surface area contributed by atoms with Crippen LogP contribution in [0.1, 0.15) is 29.2 Å². The molecule has 88 valence electrons. The van der Waals surface area contributed by atoms with Gasteiger partial charge in [-0.3, -0.25) is 4.79 Å². The van der Waals surface area contributed by atoms with Crippen LogP contribution in [0.15, 0.2) is 12.1 Å². The molecule has 1 rings (SSSR count). The molecular weight excluding hydrogens is 198 g/mol. The Morgan fingerprint density at radius 2 is 1.75 bits per heavy atom. The number of hydrogen-bond donors (Lipinski definition) is 1. The summed E-state index contributed by atoms with van der Waals surface area (Å²) >= 11 is 0. The van der Waals surface area contributed by atoms with E-state index in [0.29, 0.717) is 13.0 Å². The number of hydrogen-bond acceptors (Lipinski definition) is 2. The standard InChI is InChI=1S/C14H21NO/c1-5-15-9-13(16)8-14-11(3)6-10(2)7-12(14)4/h6-7,15H,5,8-9H2,1-4H3. The summed E-state index contributed by atoms with van der Waals surface area (Å²) < 4.78 is 0. The molecule has 0 aliphatic heterocycles. The molecule has 1 aromatic carbocycles. The minimum atomic E-state index is 0.261. The van der Waals surface area contributed by atoms with E-state index in [9.17, 15) is 4.79 Å². The monoisotopic (exact) mass is 219 g/mol. The van der Waals surface area contributed by atoms with E-state index in [1.165, 1.54) is 22.3 Å². The first-order valence-electron chi connectivity index (χ1n) is 5.83. The zero-order chi connectivity index (χ0) is 12.1. The number of rotatable bonds is 5. The van der Waals surface area contributed by atoms with Gasteiger partial charge in [-0.15, -0.1) is 0 Å². The fraction of sp³-hybridized carbons (Fsp3) is 0.500. The molecule has 2 heteroatoms. The molecule has 0 aliphatic rings. The van der Waals surface area contributed by atoms with Crippen molar-refractivity contribution in [3.8, 4) is 0 Å². The quantitative estimate of drug-likeness (QED) is 0.823. The number of nitrogens with one attached hydrogen (secondary N) is 1. The second-order valence-corrected chi connectivity index (χ2v) is 4.37. The highest BCUT2D eigenvalue weighted by molar-refractivity contribution is 5.83. The van der Waals surface area contributed by atoms with Gasteiger partial charge in [0.1, 0.15) is 0 Å². The van der Waals surface area contributed by atoms with E-state index in [0.717, 1.165) is 6.54 Å². The first kappa shape index (κ1) is 12.9. The summed E-state index contributed by atoms with van der Waals surface area (Å²) in [5.74, 6) is 0.261. The SMILES string of the molecule is CCNCC(=O)Cc1c(C)cc(C)cc1C. The number of aryl methyl sites for hydroxylation is 3. The molecule has 1 aromatic rings. The van der Waals surface area contributed by atoms with Gasteiger partial charge in [-0.1, -0.05) is 24.6 Å². The van der Waals surface area contributed by atoms with Crippen molar-refractivity contribution in [3.05, 3.63) is 34.4 Å². The fourth-order valence-electron chi connectivity index (χ4n) is 2.01. The van der Waals surface area contributed by atoms with Crippen molar-refractivity contribution >= 4 is 5.78 Å². The van der Waals surface area contributed by atoms with Gasteiger partial charge in [0, 0.05) is 6.42 Å². The molecular formula is C14H21NO. The molecule has 0 atom stereocenters. The number of carbonyl (C=O) groups is 1. The maximum Gasteiger partial charge on any atom is 0.150 e. The summed E-state index contributed by atoms with van der Waals surface area (Å²) in [6.07, 6.45) is 0.547. The van der Waals surface area contributed by atoms with Gasteiger partial charge in [-0.05, 0) is 44.0 Å². The van der Waals surface area contributed by atoms with Gasteiger partial charge in [-0.2, -0.15) is 0 Å². The molecule has 0 aromatic heterocycles. The molecule has 0 radical (unpaired) electrons. The third kappa shape index (κ3) is 3.46. The van der Waals surface area contributed by atoms with Gasteiger partial charge in [0.2, 0.25) is 0 Å². The van der Waals surface area contributed by atoms with E-state index < -0.39 is 0 Å². The fourth-order valence-corrected chi connectivity index (χ4v) is 2.01. The van der Waals surface area contributed by atoms with Crippen LogP contribution >= 0.6 is 0 Å². The van der Waals surface area contributed by atoms with Crippen molar-refractivity contribution in [2.45, 2.75) is 34.1 Å². The zero-order valence-electron chi connectivity index (χ0n) is 10.7. The van der Waals surface area contributed by atoms with Gasteiger partial charge < -0.3 is 5.32 Å². The summed E-state index contributed by atoms with van der Waals surface area (Å²) in [4.78, 5) is 11.7. The van der Waals surface area contributed by atoms with Crippen molar-refractivity contribution in [2.75, 3.05) is 13.1 Å². The molecule has 0 bridgehead atoms. The van der Waals surface area contributed by atoms with Crippen molar-refractivity contribution in [3.63, 3.8) is 0 Å². The highest BCUT2D eigenvalue weighted by Crippen LogP contribution is 2.16. The number of likely N-dealkylation sites (N-methyl/N-ethyl adjacent to an activating group) is 1. The molecule has 0 spiro atoms. The van der Waals surface area contributed by atoms with E-state index in [1.54, 1.807) is 0 Å². The third-order valence-corrected chi connectivity index (χ3v) is 2.79. The Bertz CT molecular complexity index is 359. The largest absolute Gasteiger partial charge is 0.310 e. The summed E-state index contributed by atoms with van der Waals surface area (Å²) in [5, 5.41) is 3.07. The summed E-state index contributed by atoms with van der Waals surface area (Å²) in [6.45, 7) is 9.58. The average Bonchev–Trinajstić information content (AvgIpc) is 2.20. The van der Waals surface area contributed by atoms with E-state index >= 15 is 0 Å². The Labute approximate surface area is 98.1 Å². The predicted octanol–water partition coefficient (Wildman–Crippen LogP) is 2.33. The molecule has 0 unspecified atom stereocenters. The molecule has 0 aliphatic carbocycles. The van der Waals surface area contributed by atoms with Crippen molar-refractivity contribution in [2.24, 2.45) is 0 Å². The predicted molar refractivity (Wildman–Crippen MR) is 67.9 cm³/mol. The number of benzene rings is 1. The molecule has 2 nitrogen and oxygen atoms in total. The first-order chi connectivity index (χ1) is 7.54. The second-order valence-electron chi connectivity index (χ2n) is 4.37. The van der Waals surface area contributed by atoms with Crippen molar-refractivity contribution in [1.82, 2.24) is 5.32 Å². The minimum absolute atomic E-state index is 0.261. The molecule has 0 amide bonds. The van der Waals surface area contributed by atoms with Gasteiger partial charge in [-0.25, -0.2) is 0 Å². The van der Waals surface area contributed by atoms with Crippen LogP contribution in [0.25, 0.3) is 0 Å². The molecule has 0 fully saturated rings. The Hall–Kier alpha value is -1.15. The summed E-state index contributed by atoms with van der Waals surface area (Å²) in [5.41, 5.74) is 4.90. The Morgan fingerprint density at radius 3 is 2.25 bits per heavy atom. The first-order valence-corrected chi connectivity index (χ1v) is 5.83. The summed E-state index contributed by atoms with van der Waals surface area (Å²) in [6, 6.07) is 4.28. The lowest BCUT2D eigenvalue weighted by atomic mass is 9.96. The Balaban J connectivity index is 2.77. The molecule has 0 saturated heterocycles. The molecule has 0 heterocycles. The maximum atomic E-state index is 11.7. The lowest BCUT2D eigenvalue weighted by Gasteiger charge is -2.10. The van der Waals surface area contributed by atoms with Crippen molar-refractivity contribution < 1.29 is 4.79 Å². The van der Waals surface area contributed by atoms with Gasteiger partial charge >= 0.3 is 0 Å². The van der Waals surface area contributed by atoms with Crippen LogP contribution in [0.5, 0.6) is 0 Å². The van der Waals surface area contributed by atoms with E-state index in [2.05, 4.69) is 38.2 Å². The van der Waals surface area contributed by atoms with E-state index in [-0.39, 0.29) is 5.78 Å². The average molecular weight is 219 g/mol. The third-order valence-electron chi connectivity index (χ3n) is 2.79. The molecule has 0 saturated carbocycles. The lowest BCUT2D eigenvalue weighted by Crippen LogP contribution is -2.24. The maximum absolute atomic E-state index is 11.7. The van der Waals surface area contributed by atoms with Crippen LogP contribution in [-0.4, -0.2) is 18.9 Å². The minimum Gasteiger partial charge on any atom is -0.310 e. The highest BCUT2D eigenvalue weighted by atomic mass is 16.1. The second kappa shape index (κ2) is 5.80. The molecule has 1 N–H and O–H groups in total. The Kier molecular flexibility index (Phi) is 4.69. The van der Waals surface area contributed by atoms with E-state index in [4.69, 9.17) is 0 Å². The lowest BCUT2D eigenvalue weighted by molar-refractivity contribution is -0.117. The van der Waals surface area contributed by atoms with Crippen LogP contribution in [0.4, 0.5) is 0 Å². The van der Waals surface area contributed by atoms with Crippen LogP contribution in [-0.2, 0) is 11.2 Å². The van der Waals surface area contributed by atoms with Crippen molar-refractivity contribution in [1.29, 1.82) is 0 Å². The molecule has 16 heavy (non-hydrogen) atoms. The Morgan fingerprint density at radius 1 is 1.19 bits per heavy atom. The van der Waals surface area contributed by atoms with Gasteiger partial charge in [0.15, 0.2) is 5.78 Å². The van der Waals surface area contributed by atoms with Gasteiger partial charge in [0.05, 0.1) is 6.54 Å². The topological polar surface area (TPSA) is 29.1 Å². The van der Waals surface area contributed by atoms with Gasteiger partial charge in [0.25, 0.3) is 0 Å². The number of ketones is 1. The number of carbonyl (C=O) groups excluding carboxylic acids is 1.